The van der Waals surface area contributed by atoms with E-state index in [1.807, 2.05) is 6.07 Å². The van der Waals surface area contributed by atoms with Crippen molar-refractivity contribution in [2.24, 2.45) is 5.92 Å². The van der Waals surface area contributed by atoms with Crippen LogP contribution < -0.4 is 0 Å². The lowest BCUT2D eigenvalue weighted by Gasteiger charge is -2.15. The Labute approximate surface area is 115 Å². The summed E-state index contributed by atoms with van der Waals surface area (Å²) < 4.78 is 11.4. The number of carbonyl (C=O) groups excluding carboxylic acids is 1. The molecule has 3 heterocycles. The molecule has 1 aromatic heterocycles. The van der Waals surface area contributed by atoms with Crippen LogP contribution in [0, 0.1) is 5.92 Å². The van der Waals surface area contributed by atoms with Crippen molar-refractivity contribution in [2.75, 3.05) is 0 Å². The van der Waals surface area contributed by atoms with Crippen molar-refractivity contribution in [3.05, 3.63) is 35.0 Å². The average Bonchev–Trinajstić information content (AvgIpc) is 3.11. The molecule has 1 aromatic carbocycles. The molecule has 4 rings (SSSR count). The van der Waals surface area contributed by atoms with Gasteiger partial charge in [-0.1, -0.05) is 11.6 Å². The predicted octanol–water partition coefficient (Wildman–Crippen LogP) is 3.84. The standard InChI is InChI=1S/C15H13ClO3/c16-9-1-3-12-8(5-9)6-14(19-12)15(17)11-7-10-2-4-13(11)18-10/h1,3,5-6,10-11,13H,2,4,7H2. The van der Waals surface area contributed by atoms with Gasteiger partial charge in [0.25, 0.3) is 0 Å². The Balaban J connectivity index is 1.68. The van der Waals surface area contributed by atoms with E-state index >= 15 is 0 Å². The van der Waals surface area contributed by atoms with E-state index in [1.54, 1.807) is 18.2 Å². The van der Waals surface area contributed by atoms with Crippen LogP contribution in [0.15, 0.2) is 28.7 Å². The lowest BCUT2D eigenvalue weighted by Crippen LogP contribution is -2.25. The van der Waals surface area contributed by atoms with Gasteiger partial charge in [0.15, 0.2) is 5.76 Å². The molecule has 0 aliphatic carbocycles. The molecule has 3 atom stereocenters. The molecule has 0 amide bonds. The summed E-state index contributed by atoms with van der Waals surface area (Å²) >= 11 is 5.94. The number of ether oxygens (including phenoxy) is 1. The Hall–Kier alpha value is -1.32. The number of carbonyl (C=O) groups is 1. The number of benzene rings is 1. The van der Waals surface area contributed by atoms with Gasteiger partial charge in [0.2, 0.25) is 5.78 Å². The molecule has 0 saturated carbocycles. The first-order chi connectivity index (χ1) is 9.20. The molecule has 2 aliphatic rings. The van der Waals surface area contributed by atoms with Crippen molar-refractivity contribution in [1.29, 1.82) is 0 Å². The first kappa shape index (κ1) is 11.5. The Morgan fingerprint density at radius 3 is 2.89 bits per heavy atom. The summed E-state index contributed by atoms with van der Waals surface area (Å²) in [5.41, 5.74) is 0.705. The number of rotatable bonds is 2. The van der Waals surface area contributed by atoms with Gasteiger partial charge in [0.1, 0.15) is 5.58 Å². The number of hydrogen-bond acceptors (Lipinski definition) is 3. The Morgan fingerprint density at radius 2 is 2.16 bits per heavy atom. The monoisotopic (exact) mass is 276 g/mol. The second-order valence-electron chi connectivity index (χ2n) is 5.37. The van der Waals surface area contributed by atoms with Crippen LogP contribution >= 0.6 is 11.6 Å². The smallest absolute Gasteiger partial charge is 0.203 e. The van der Waals surface area contributed by atoms with Crippen molar-refractivity contribution in [3.63, 3.8) is 0 Å². The van der Waals surface area contributed by atoms with Crippen molar-refractivity contribution < 1.29 is 13.9 Å². The van der Waals surface area contributed by atoms with Gasteiger partial charge < -0.3 is 9.15 Å². The lowest BCUT2D eigenvalue weighted by atomic mass is 9.85. The number of ketones is 1. The molecule has 2 saturated heterocycles. The zero-order valence-corrected chi connectivity index (χ0v) is 11.0. The van der Waals surface area contributed by atoms with Crippen LogP contribution in [0.4, 0.5) is 0 Å². The Kier molecular flexibility index (Phi) is 2.47. The summed E-state index contributed by atoms with van der Waals surface area (Å²) in [7, 11) is 0. The summed E-state index contributed by atoms with van der Waals surface area (Å²) in [4.78, 5) is 12.5. The topological polar surface area (TPSA) is 39.4 Å². The van der Waals surface area contributed by atoms with Gasteiger partial charge in [-0.05, 0) is 43.5 Å². The fourth-order valence-electron chi connectivity index (χ4n) is 3.23. The molecular formula is C15H13ClO3. The number of halogens is 1. The van der Waals surface area contributed by atoms with E-state index in [-0.39, 0.29) is 23.9 Å². The fourth-order valence-corrected chi connectivity index (χ4v) is 3.41. The third-order valence-electron chi connectivity index (χ3n) is 4.16. The van der Waals surface area contributed by atoms with Gasteiger partial charge in [-0.25, -0.2) is 0 Å². The van der Waals surface area contributed by atoms with E-state index in [0.29, 0.717) is 16.4 Å². The van der Waals surface area contributed by atoms with Crippen LogP contribution in [-0.4, -0.2) is 18.0 Å². The van der Waals surface area contributed by atoms with Gasteiger partial charge in [-0.3, -0.25) is 4.79 Å². The average molecular weight is 277 g/mol. The summed E-state index contributed by atoms with van der Waals surface area (Å²) in [5, 5.41) is 1.52. The molecule has 0 radical (unpaired) electrons. The van der Waals surface area contributed by atoms with E-state index in [4.69, 9.17) is 20.8 Å². The SMILES string of the molecule is O=C(c1cc2cc(Cl)ccc2o1)C1CC2CCC1O2. The molecule has 19 heavy (non-hydrogen) atoms. The zero-order valence-electron chi connectivity index (χ0n) is 10.3. The maximum absolute atomic E-state index is 12.5. The zero-order chi connectivity index (χ0) is 13.0. The summed E-state index contributed by atoms with van der Waals surface area (Å²) in [6.45, 7) is 0. The summed E-state index contributed by atoms with van der Waals surface area (Å²) in [6, 6.07) is 7.16. The fraction of sp³-hybridized carbons (Fsp3) is 0.400. The maximum atomic E-state index is 12.5. The number of Topliss-reactive ketones (excluding diaryl/α,β-unsaturated/α-hetero) is 1. The summed E-state index contributed by atoms with van der Waals surface area (Å²) in [5.74, 6) is 0.465. The van der Waals surface area contributed by atoms with Gasteiger partial charge in [-0.2, -0.15) is 0 Å². The molecule has 3 unspecified atom stereocenters. The minimum Gasteiger partial charge on any atom is -0.453 e. The number of hydrogen-bond donors (Lipinski definition) is 0. The highest BCUT2D eigenvalue weighted by molar-refractivity contribution is 6.31. The van der Waals surface area contributed by atoms with Gasteiger partial charge >= 0.3 is 0 Å². The third-order valence-corrected chi connectivity index (χ3v) is 4.40. The molecule has 0 spiro atoms. The molecule has 2 aromatic rings. The van der Waals surface area contributed by atoms with Gasteiger partial charge in [0.05, 0.1) is 18.1 Å². The molecule has 2 bridgehead atoms. The second kappa shape index (κ2) is 4.09. The van der Waals surface area contributed by atoms with E-state index < -0.39 is 0 Å². The van der Waals surface area contributed by atoms with E-state index in [0.717, 1.165) is 24.6 Å². The first-order valence-corrected chi connectivity index (χ1v) is 6.97. The lowest BCUT2D eigenvalue weighted by molar-refractivity contribution is 0.0724. The van der Waals surface area contributed by atoms with Crippen LogP contribution in [0.3, 0.4) is 0 Å². The Morgan fingerprint density at radius 1 is 1.26 bits per heavy atom. The van der Waals surface area contributed by atoms with E-state index in [2.05, 4.69) is 0 Å². The quantitative estimate of drug-likeness (QED) is 0.783. The van der Waals surface area contributed by atoms with E-state index in [1.165, 1.54) is 0 Å². The van der Waals surface area contributed by atoms with Crippen LogP contribution in [0.2, 0.25) is 5.02 Å². The molecule has 98 valence electrons. The van der Waals surface area contributed by atoms with Crippen molar-refractivity contribution in [1.82, 2.24) is 0 Å². The minimum absolute atomic E-state index is 0.0326. The first-order valence-electron chi connectivity index (χ1n) is 6.59. The van der Waals surface area contributed by atoms with E-state index in [9.17, 15) is 4.79 Å². The normalized spacial score (nSPS) is 29.2. The van der Waals surface area contributed by atoms with Crippen LogP contribution in [0.25, 0.3) is 11.0 Å². The molecule has 0 N–H and O–H groups in total. The highest BCUT2D eigenvalue weighted by Crippen LogP contribution is 2.40. The van der Waals surface area contributed by atoms with Crippen LogP contribution in [0.1, 0.15) is 29.8 Å². The third kappa shape index (κ3) is 1.80. The second-order valence-corrected chi connectivity index (χ2v) is 5.81. The highest BCUT2D eigenvalue weighted by Gasteiger charge is 2.45. The largest absolute Gasteiger partial charge is 0.453 e. The van der Waals surface area contributed by atoms with Crippen molar-refractivity contribution >= 4 is 28.4 Å². The molecule has 2 fully saturated rings. The van der Waals surface area contributed by atoms with Crippen molar-refractivity contribution in [2.45, 2.75) is 31.5 Å². The Bertz CT molecular complexity index is 660. The van der Waals surface area contributed by atoms with Crippen LogP contribution in [-0.2, 0) is 4.74 Å². The molecule has 4 heteroatoms. The van der Waals surface area contributed by atoms with Gasteiger partial charge in [-0.15, -0.1) is 0 Å². The number of furan rings is 1. The molecular weight excluding hydrogens is 264 g/mol. The predicted molar refractivity (Wildman–Crippen MR) is 71.6 cm³/mol. The molecule has 3 nitrogen and oxygen atoms in total. The summed E-state index contributed by atoms with van der Waals surface area (Å²) in [6.07, 6.45) is 3.28. The highest BCUT2D eigenvalue weighted by atomic mass is 35.5. The van der Waals surface area contributed by atoms with Gasteiger partial charge in [0, 0.05) is 10.4 Å². The minimum atomic E-state index is -0.0326. The van der Waals surface area contributed by atoms with Crippen LogP contribution in [0.5, 0.6) is 0 Å². The maximum Gasteiger partial charge on any atom is 0.203 e. The number of fused-ring (bicyclic) bond motifs is 3. The molecule has 2 aliphatic heterocycles. The van der Waals surface area contributed by atoms with Crippen molar-refractivity contribution in [3.8, 4) is 0 Å².